The summed E-state index contributed by atoms with van der Waals surface area (Å²) < 4.78 is 20.2. The first-order chi connectivity index (χ1) is 19.4. The number of ether oxygens (including phenoxy) is 3. The normalized spacial score (nSPS) is 20.9. The van der Waals surface area contributed by atoms with Crippen molar-refractivity contribution < 1.29 is 19.3 Å². The van der Waals surface area contributed by atoms with Crippen molar-refractivity contribution in [2.75, 3.05) is 19.6 Å². The van der Waals surface area contributed by atoms with Crippen LogP contribution < -0.4 is 16.0 Å². The molecule has 1 saturated heterocycles. The fourth-order valence-electron chi connectivity index (χ4n) is 5.31. The van der Waals surface area contributed by atoms with Crippen LogP contribution in [-0.4, -0.2) is 46.0 Å². The van der Waals surface area contributed by atoms with Crippen LogP contribution in [0.15, 0.2) is 101 Å². The fourth-order valence-corrected chi connectivity index (χ4v) is 5.63. The molecule has 2 N–H and O–H groups in total. The molecule has 208 valence electrons. The van der Waals surface area contributed by atoms with E-state index < -0.39 is 41.4 Å². The van der Waals surface area contributed by atoms with Crippen molar-refractivity contribution in [1.82, 2.24) is 9.55 Å². The number of benzene rings is 3. The van der Waals surface area contributed by atoms with Crippen LogP contribution in [0.4, 0.5) is 0 Å². The fraction of sp³-hybridized carbons (Fsp3) is 0.290. The van der Waals surface area contributed by atoms with Crippen LogP contribution >= 0.6 is 11.6 Å². The smallest absolute Gasteiger partial charge is 0.330 e. The van der Waals surface area contributed by atoms with Crippen molar-refractivity contribution in [1.29, 1.82) is 0 Å². The first-order valence-electron chi connectivity index (χ1n) is 13.0. The van der Waals surface area contributed by atoms with Gasteiger partial charge in [-0.1, -0.05) is 72.8 Å². The topological polar surface area (TPSA) is 103 Å². The maximum atomic E-state index is 12.8. The quantitative estimate of drug-likeness (QED) is 0.235. The Kier molecular flexibility index (Phi) is 7.96. The minimum atomic E-state index is -1.34. The van der Waals surface area contributed by atoms with E-state index in [0.717, 1.165) is 16.7 Å². The van der Waals surface area contributed by atoms with Crippen LogP contribution in [0.2, 0.25) is 0 Å². The third kappa shape index (κ3) is 4.88. The van der Waals surface area contributed by atoms with Gasteiger partial charge in [-0.3, -0.25) is 14.3 Å². The Bertz CT molecular complexity index is 1510. The molecule has 0 aliphatic carbocycles. The van der Waals surface area contributed by atoms with Crippen LogP contribution in [0.5, 0.6) is 5.75 Å². The zero-order chi connectivity index (χ0) is 28.3. The highest BCUT2D eigenvalue weighted by atomic mass is 35.5. The van der Waals surface area contributed by atoms with Gasteiger partial charge in [0.1, 0.15) is 23.2 Å². The molecular weight excluding hydrogens is 532 g/mol. The molecule has 0 radical (unpaired) electrons. The Hall–Kier alpha value is -3.69. The molecule has 40 heavy (non-hydrogen) atoms. The number of aromatic amines is 1. The molecule has 9 heteroatoms. The van der Waals surface area contributed by atoms with Crippen molar-refractivity contribution in [2.24, 2.45) is 0 Å². The molecule has 0 spiro atoms. The number of alkyl halides is 1. The Morgan fingerprint density at radius 1 is 1.00 bits per heavy atom. The van der Waals surface area contributed by atoms with Gasteiger partial charge >= 0.3 is 5.69 Å². The molecule has 0 unspecified atom stereocenters. The molecule has 1 aliphatic rings. The summed E-state index contributed by atoms with van der Waals surface area (Å²) in [6.07, 6.45) is 0.0482. The van der Waals surface area contributed by atoms with Gasteiger partial charge in [-0.05, 0) is 35.7 Å². The van der Waals surface area contributed by atoms with Crippen molar-refractivity contribution in [2.45, 2.75) is 36.9 Å². The van der Waals surface area contributed by atoms with E-state index in [0.29, 0.717) is 11.3 Å². The second kappa shape index (κ2) is 11.4. The number of H-pyrrole nitrogens is 1. The lowest BCUT2D eigenvalue weighted by molar-refractivity contribution is -0.152. The van der Waals surface area contributed by atoms with Gasteiger partial charge in [0, 0.05) is 18.2 Å². The molecule has 1 aliphatic heterocycles. The molecule has 0 bridgehead atoms. The maximum Gasteiger partial charge on any atom is 0.330 e. The lowest BCUT2D eigenvalue weighted by Gasteiger charge is -2.41. The molecule has 1 fully saturated rings. The molecule has 5 rings (SSSR count). The molecule has 4 aromatic rings. The number of aromatic nitrogens is 2. The molecule has 0 amide bonds. The van der Waals surface area contributed by atoms with E-state index in [-0.39, 0.29) is 12.3 Å². The van der Waals surface area contributed by atoms with Crippen LogP contribution in [-0.2, 0) is 15.1 Å². The molecule has 8 nitrogen and oxygen atoms in total. The number of hydrogen-bond donors (Lipinski definition) is 2. The molecule has 3 atom stereocenters. The zero-order valence-corrected chi connectivity index (χ0v) is 23.0. The van der Waals surface area contributed by atoms with Gasteiger partial charge < -0.3 is 19.3 Å². The Morgan fingerprint density at radius 2 is 1.57 bits per heavy atom. The summed E-state index contributed by atoms with van der Waals surface area (Å²) in [5.74, 6) is 0.602. The summed E-state index contributed by atoms with van der Waals surface area (Å²) in [4.78, 5) is 27.1. The SMILES string of the molecule is COc1ccc(C(O[C@H]2C[C@H](n3cc(C)c(=O)[nH]c3=O)O[C@@]2(CO)CCl)(c2ccccc2)c2ccccc2)cc1. The average Bonchev–Trinajstić information content (AvgIpc) is 3.37. The number of aryl methyl sites for hydroxylation is 1. The van der Waals surface area contributed by atoms with Crippen molar-refractivity contribution in [3.8, 4) is 5.75 Å². The molecular formula is C31H31ClN2O6. The number of hydrogen-bond acceptors (Lipinski definition) is 6. The molecule has 1 aromatic heterocycles. The summed E-state index contributed by atoms with van der Waals surface area (Å²) >= 11 is 6.49. The van der Waals surface area contributed by atoms with Gasteiger partial charge in [0.2, 0.25) is 0 Å². The standard InChI is InChI=1S/C31H31ClN2O6/c1-21-18-34(29(37)33-28(21)36)27-17-26(30(19-32,20-35)40-27)39-31(22-9-5-3-6-10-22,23-11-7-4-8-12-23)24-13-15-25(38-2)16-14-24/h3-16,18,26-27,35H,17,19-20H2,1-2H3,(H,33,36,37)/t26-,27+,30+/m0/s1. The monoisotopic (exact) mass is 562 g/mol. The van der Waals surface area contributed by atoms with Crippen LogP contribution in [0, 0.1) is 6.92 Å². The number of halogens is 1. The van der Waals surface area contributed by atoms with E-state index in [1.54, 1.807) is 14.0 Å². The second-order valence-electron chi connectivity index (χ2n) is 9.89. The number of aliphatic hydroxyl groups is 1. The lowest BCUT2D eigenvalue weighted by atomic mass is 9.79. The van der Waals surface area contributed by atoms with Crippen LogP contribution in [0.25, 0.3) is 0 Å². The minimum absolute atomic E-state index is 0.0932. The highest BCUT2D eigenvalue weighted by molar-refractivity contribution is 6.18. The second-order valence-corrected chi connectivity index (χ2v) is 10.2. The van der Waals surface area contributed by atoms with Gasteiger partial charge in [0.15, 0.2) is 0 Å². The third-order valence-corrected chi connectivity index (χ3v) is 7.95. The summed E-state index contributed by atoms with van der Waals surface area (Å²) in [5.41, 5.74) is -0.671. The summed E-state index contributed by atoms with van der Waals surface area (Å²) in [7, 11) is 1.61. The Morgan fingerprint density at radius 3 is 2.10 bits per heavy atom. The minimum Gasteiger partial charge on any atom is -0.497 e. The Balaban J connectivity index is 1.69. The van der Waals surface area contributed by atoms with Gasteiger partial charge in [-0.2, -0.15) is 0 Å². The van der Waals surface area contributed by atoms with Crippen molar-refractivity contribution in [3.63, 3.8) is 0 Å². The Labute approximate surface area is 236 Å². The highest BCUT2D eigenvalue weighted by Crippen LogP contribution is 2.48. The van der Waals surface area contributed by atoms with Crippen LogP contribution in [0.1, 0.15) is 34.9 Å². The molecule has 0 saturated carbocycles. The van der Waals surface area contributed by atoms with Gasteiger partial charge in [0.05, 0.1) is 25.7 Å². The first-order valence-corrected chi connectivity index (χ1v) is 13.5. The molecule has 2 heterocycles. The third-order valence-electron chi connectivity index (χ3n) is 7.50. The van der Waals surface area contributed by atoms with E-state index in [4.69, 9.17) is 25.8 Å². The van der Waals surface area contributed by atoms with E-state index in [2.05, 4.69) is 4.98 Å². The average molecular weight is 563 g/mol. The molecule has 3 aromatic carbocycles. The van der Waals surface area contributed by atoms with Crippen LogP contribution in [0.3, 0.4) is 0 Å². The number of nitrogens with zero attached hydrogens (tertiary/aromatic N) is 1. The van der Waals surface area contributed by atoms with Crippen molar-refractivity contribution in [3.05, 3.63) is 134 Å². The van der Waals surface area contributed by atoms with E-state index in [1.165, 1.54) is 10.8 Å². The van der Waals surface area contributed by atoms with E-state index in [1.807, 2.05) is 84.9 Å². The maximum absolute atomic E-state index is 12.8. The van der Waals surface area contributed by atoms with Crippen molar-refractivity contribution >= 4 is 11.6 Å². The number of nitrogens with one attached hydrogen (secondary N) is 1. The summed E-state index contributed by atoms with van der Waals surface area (Å²) in [6.45, 7) is 1.16. The largest absolute Gasteiger partial charge is 0.497 e. The summed E-state index contributed by atoms with van der Waals surface area (Å²) in [6, 6.07) is 27.2. The predicted molar refractivity (Wildman–Crippen MR) is 152 cm³/mol. The van der Waals surface area contributed by atoms with Gasteiger partial charge in [-0.25, -0.2) is 4.79 Å². The van der Waals surface area contributed by atoms with E-state index in [9.17, 15) is 14.7 Å². The van der Waals surface area contributed by atoms with Gasteiger partial charge in [0.25, 0.3) is 5.56 Å². The van der Waals surface area contributed by atoms with Gasteiger partial charge in [-0.15, -0.1) is 11.6 Å². The highest BCUT2D eigenvalue weighted by Gasteiger charge is 2.54. The van der Waals surface area contributed by atoms with E-state index >= 15 is 0 Å². The first kappa shape index (κ1) is 27.9. The number of methoxy groups -OCH3 is 1. The summed E-state index contributed by atoms with van der Waals surface area (Å²) in [5, 5.41) is 10.6. The zero-order valence-electron chi connectivity index (χ0n) is 22.2. The lowest BCUT2D eigenvalue weighted by Crippen LogP contribution is -2.50. The predicted octanol–water partition coefficient (Wildman–Crippen LogP) is 4.12. The number of rotatable bonds is 9. The number of aliphatic hydroxyl groups excluding tert-OH is 1.